The SMILES string of the molecule is CC(C)OC(=O)CCN1C(=O)/C(=C/c2ccccc2)SC1=S. The highest BCUT2D eigenvalue weighted by Gasteiger charge is 2.32. The van der Waals surface area contributed by atoms with E-state index in [1.54, 1.807) is 13.8 Å². The zero-order valence-electron chi connectivity index (χ0n) is 12.4. The molecule has 1 aromatic carbocycles. The Morgan fingerprint density at radius 3 is 2.68 bits per heavy atom. The highest BCUT2D eigenvalue weighted by molar-refractivity contribution is 8.26. The van der Waals surface area contributed by atoms with Crippen molar-refractivity contribution < 1.29 is 14.3 Å². The van der Waals surface area contributed by atoms with Crippen molar-refractivity contribution in [3.63, 3.8) is 0 Å². The lowest BCUT2D eigenvalue weighted by Gasteiger charge is -2.14. The largest absolute Gasteiger partial charge is 0.463 e. The van der Waals surface area contributed by atoms with Gasteiger partial charge in [0.05, 0.1) is 17.4 Å². The molecule has 0 aliphatic carbocycles. The molecule has 0 aromatic heterocycles. The maximum atomic E-state index is 12.4. The standard InChI is InChI=1S/C16H17NO3S2/c1-11(2)20-14(18)8-9-17-15(19)13(22-16(17)21)10-12-6-4-3-5-7-12/h3-7,10-11H,8-9H2,1-2H3/b13-10-. The molecule has 0 radical (unpaired) electrons. The number of hydrogen-bond donors (Lipinski definition) is 0. The van der Waals surface area contributed by atoms with Gasteiger partial charge in [0.15, 0.2) is 0 Å². The van der Waals surface area contributed by atoms with Crippen LogP contribution in [0, 0.1) is 0 Å². The van der Waals surface area contributed by atoms with Gasteiger partial charge in [-0.2, -0.15) is 0 Å². The third-order valence-corrected chi connectivity index (χ3v) is 4.26. The summed E-state index contributed by atoms with van der Waals surface area (Å²) in [5, 5.41) is 0. The molecule has 116 valence electrons. The molecule has 2 rings (SSSR count). The molecule has 0 atom stereocenters. The quantitative estimate of drug-likeness (QED) is 0.470. The number of hydrogen-bond acceptors (Lipinski definition) is 5. The average Bonchev–Trinajstić information content (AvgIpc) is 2.72. The van der Waals surface area contributed by atoms with Gasteiger partial charge in [-0.25, -0.2) is 0 Å². The summed E-state index contributed by atoms with van der Waals surface area (Å²) >= 11 is 6.48. The lowest BCUT2D eigenvalue weighted by molar-refractivity contribution is -0.147. The van der Waals surface area contributed by atoms with Crippen LogP contribution in [0.5, 0.6) is 0 Å². The molecule has 1 aliphatic heterocycles. The average molecular weight is 335 g/mol. The number of benzene rings is 1. The van der Waals surface area contributed by atoms with Crippen molar-refractivity contribution in [2.45, 2.75) is 26.4 Å². The Morgan fingerprint density at radius 1 is 1.36 bits per heavy atom. The van der Waals surface area contributed by atoms with Crippen LogP contribution in [-0.2, 0) is 14.3 Å². The van der Waals surface area contributed by atoms with Crippen LogP contribution in [0.4, 0.5) is 0 Å². The number of rotatable bonds is 5. The van der Waals surface area contributed by atoms with Crippen molar-refractivity contribution in [2.75, 3.05) is 6.54 Å². The van der Waals surface area contributed by atoms with Crippen molar-refractivity contribution in [3.8, 4) is 0 Å². The second-order valence-corrected chi connectivity index (χ2v) is 6.71. The molecule has 1 heterocycles. The van der Waals surface area contributed by atoms with Crippen LogP contribution >= 0.6 is 24.0 Å². The number of nitrogens with zero attached hydrogens (tertiary/aromatic N) is 1. The lowest BCUT2D eigenvalue weighted by Crippen LogP contribution is -2.31. The zero-order chi connectivity index (χ0) is 16.1. The smallest absolute Gasteiger partial charge is 0.307 e. The summed E-state index contributed by atoms with van der Waals surface area (Å²) in [4.78, 5) is 26.0. The molecule has 0 spiro atoms. The first-order chi connectivity index (χ1) is 10.5. The van der Waals surface area contributed by atoms with Crippen LogP contribution in [0.2, 0.25) is 0 Å². The van der Waals surface area contributed by atoms with E-state index < -0.39 is 0 Å². The molecule has 0 N–H and O–H groups in total. The van der Waals surface area contributed by atoms with Crippen LogP contribution < -0.4 is 0 Å². The summed E-state index contributed by atoms with van der Waals surface area (Å²) in [6.07, 6.45) is 1.80. The number of thioether (sulfide) groups is 1. The van der Waals surface area contributed by atoms with E-state index in [0.29, 0.717) is 9.23 Å². The molecule has 1 fully saturated rings. The van der Waals surface area contributed by atoms with Gasteiger partial charge in [-0.1, -0.05) is 54.3 Å². The number of carbonyl (C=O) groups excluding carboxylic acids is 2. The third kappa shape index (κ3) is 4.42. The topological polar surface area (TPSA) is 46.6 Å². The summed E-state index contributed by atoms with van der Waals surface area (Å²) in [7, 11) is 0. The van der Waals surface area contributed by atoms with E-state index in [1.165, 1.54) is 16.7 Å². The number of thiocarbonyl (C=S) groups is 1. The Bertz CT molecular complexity index is 611. The predicted octanol–water partition coefficient (Wildman–Crippen LogP) is 3.23. The molecule has 6 heteroatoms. The van der Waals surface area contributed by atoms with Gasteiger partial charge < -0.3 is 4.74 Å². The van der Waals surface area contributed by atoms with E-state index >= 15 is 0 Å². The second kappa shape index (κ2) is 7.56. The molecule has 0 bridgehead atoms. The Labute approximate surface area is 139 Å². The highest BCUT2D eigenvalue weighted by atomic mass is 32.2. The van der Waals surface area contributed by atoms with E-state index in [-0.39, 0.29) is 30.9 Å². The zero-order valence-corrected chi connectivity index (χ0v) is 14.1. The van der Waals surface area contributed by atoms with Crippen LogP contribution in [0.3, 0.4) is 0 Å². The molecule has 1 aromatic rings. The molecular weight excluding hydrogens is 318 g/mol. The normalized spacial score (nSPS) is 16.7. The number of esters is 1. The summed E-state index contributed by atoms with van der Waals surface area (Å²) < 4.78 is 5.54. The van der Waals surface area contributed by atoms with Crippen molar-refractivity contribution in [2.24, 2.45) is 0 Å². The number of carbonyl (C=O) groups is 2. The second-order valence-electron chi connectivity index (χ2n) is 5.03. The minimum Gasteiger partial charge on any atom is -0.463 e. The predicted molar refractivity (Wildman–Crippen MR) is 92.2 cm³/mol. The van der Waals surface area contributed by atoms with Crippen LogP contribution in [0.1, 0.15) is 25.8 Å². The summed E-state index contributed by atoms with van der Waals surface area (Å²) in [6.45, 7) is 3.84. The van der Waals surface area contributed by atoms with Gasteiger partial charge in [-0.15, -0.1) is 0 Å². The fraction of sp³-hybridized carbons (Fsp3) is 0.312. The van der Waals surface area contributed by atoms with Gasteiger partial charge in [0.2, 0.25) is 0 Å². The monoisotopic (exact) mass is 335 g/mol. The van der Waals surface area contributed by atoms with Crippen LogP contribution in [-0.4, -0.2) is 33.7 Å². The summed E-state index contributed by atoms with van der Waals surface area (Å²) in [6, 6.07) is 9.59. The summed E-state index contributed by atoms with van der Waals surface area (Å²) in [5.74, 6) is -0.479. The molecule has 1 amide bonds. The van der Waals surface area contributed by atoms with E-state index in [0.717, 1.165) is 5.56 Å². The molecular formula is C16H17NO3S2. The molecule has 1 saturated heterocycles. The van der Waals surface area contributed by atoms with Gasteiger partial charge >= 0.3 is 5.97 Å². The third-order valence-electron chi connectivity index (χ3n) is 2.88. The van der Waals surface area contributed by atoms with Crippen LogP contribution in [0.15, 0.2) is 35.2 Å². The first kappa shape index (κ1) is 16.7. The summed E-state index contributed by atoms with van der Waals surface area (Å²) in [5.41, 5.74) is 0.946. The Hall–Kier alpha value is -1.66. The minimum atomic E-state index is -0.323. The van der Waals surface area contributed by atoms with Gasteiger partial charge in [0.1, 0.15) is 4.32 Å². The fourth-order valence-corrected chi connectivity index (χ4v) is 3.23. The van der Waals surface area contributed by atoms with E-state index in [1.807, 2.05) is 36.4 Å². The first-order valence-electron chi connectivity index (χ1n) is 6.97. The van der Waals surface area contributed by atoms with Gasteiger partial charge in [-0.05, 0) is 25.5 Å². The van der Waals surface area contributed by atoms with E-state index in [2.05, 4.69) is 0 Å². The minimum absolute atomic E-state index is 0.142. The van der Waals surface area contributed by atoms with Crippen molar-refractivity contribution in [1.82, 2.24) is 4.90 Å². The van der Waals surface area contributed by atoms with Crippen molar-refractivity contribution in [1.29, 1.82) is 0 Å². The Kier molecular flexibility index (Phi) is 5.74. The maximum absolute atomic E-state index is 12.4. The molecule has 4 nitrogen and oxygen atoms in total. The Balaban J connectivity index is 2.00. The number of ether oxygens (including phenoxy) is 1. The van der Waals surface area contributed by atoms with Gasteiger partial charge in [0.25, 0.3) is 5.91 Å². The van der Waals surface area contributed by atoms with E-state index in [9.17, 15) is 9.59 Å². The molecule has 1 aliphatic rings. The van der Waals surface area contributed by atoms with Crippen LogP contribution in [0.25, 0.3) is 6.08 Å². The maximum Gasteiger partial charge on any atom is 0.307 e. The number of amides is 1. The van der Waals surface area contributed by atoms with Gasteiger partial charge in [0, 0.05) is 6.54 Å². The molecule has 0 saturated carbocycles. The van der Waals surface area contributed by atoms with Crippen molar-refractivity contribution >= 4 is 46.3 Å². The highest BCUT2D eigenvalue weighted by Crippen LogP contribution is 2.32. The fourth-order valence-electron chi connectivity index (χ4n) is 1.92. The Morgan fingerprint density at radius 2 is 2.05 bits per heavy atom. The van der Waals surface area contributed by atoms with Crippen molar-refractivity contribution in [3.05, 3.63) is 40.8 Å². The van der Waals surface area contributed by atoms with Gasteiger partial charge in [-0.3, -0.25) is 14.5 Å². The molecule has 0 unspecified atom stereocenters. The molecule has 22 heavy (non-hydrogen) atoms. The first-order valence-corrected chi connectivity index (χ1v) is 8.19. The lowest BCUT2D eigenvalue weighted by atomic mass is 10.2. The van der Waals surface area contributed by atoms with E-state index in [4.69, 9.17) is 17.0 Å².